The maximum atomic E-state index is 14.1. The number of aliphatic hydroxyl groups excluding tert-OH is 1. The van der Waals surface area contributed by atoms with E-state index in [1.807, 2.05) is 50.2 Å². The highest BCUT2D eigenvalue weighted by atomic mass is 16.3. The summed E-state index contributed by atoms with van der Waals surface area (Å²) in [7, 11) is 0. The average molecular weight is 501 g/mol. The maximum absolute atomic E-state index is 14.1. The molecule has 37 heavy (non-hydrogen) atoms. The Morgan fingerprint density at radius 1 is 1.03 bits per heavy atom. The standard InChI is InChI=1S/C31H32O6/c1-6-18-12-20(19-10-8-7-9-11-19)21-14-29(4)15-30(5)13-16(2)22(17(3)32)27(35)31(30,37)28(36)24(29)26(34)23(21)25(18)33/h7-12,33-34,37H,6,13-15H2,1-5H3/t29-,30+,31+/m1/s1. The lowest BCUT2D eigenvalue weighted by Crippen LogP contribution is -2.67. The Morgan fingerprint density at radius 2 is 1.68 bits per heavy atom. The normalized spacial score (nSPS) is 29.1. The molecule has 3 N–H and O–H groups in total. The van der Waals surface area contributed by atoms with Gasteiger partial charge in [0.05, 0.1) is 11.1 Å². The SMILES string of the molecule is CCc1cc(-c2ccccc2)c2c(c1O)C(O)=C1C(=O)[C@@]3(O)C(=O)C(C(C)=O)=C(C)C[C@@]3(C)C[C@@]1(C)C2. The van der Waals surface area contributed by atoms with E-state index in [0.717, 1.165) is 16.7 Å². The fourth-order valence-electron chi connectivity index (χ4n) is 7.29. The Morgan fingerprint density at radius 3 is 2.27 bits per heavy atom. The Balaban J connectivity index is 1.81. The number of Topliss-reactive ketones (excluding diaryl/α,β-unsaturated/α-hetero) is 3. The zero-order chi connectivity index (χ0) is 27.1. The van der Waals surface area contributed by atoms with Gasteiger partial charge in [0.15, 0.2) is 11.4 Å². The first-order chi connectivity index (χ1) is 17.3. The van der Waals surface area contributed by atoms with Crippen molar-refractivity contribution in [3.8, 4) is 16.9 Å². The second-order valence-electron chi connectivity index (χ2n) is 11.5. The van der Waals surface area contributed by atoms with Crippen LogP contribution in [0.4, 0.5) is 0 Å². The predicted octanol–water partition coefficient (Wildman–Crippen LogP) is 5.04. The number of rotatable bonds is 3. The van der Waals surface area contributed by atoms with Crippen LogP contribution in [0.1, 0.15) is 64.2 Å². The van der Waals surface area contributed by atoms with Crippen LogP contribution in [-0.2, 0) is 27.2 Å². The van der Waals surface area contributed by atoms with Gasteiger partial charge >= 0.3 is 0 Å². The van der Waals surface area contributed by atoms with Crippen LogP contribution < -0.4 is 0 Å². The molecule has 0 spiro atoms. The smallest absolute Gasteiger partial charge is 0.206 e. The number of carbonyl (C=O) groups excluding carboxylic acids is 3. The molecule has 0 amide bonds. The van der Waals surface area contributed by atoms with Crippen LogP contribution in [0.5, 0.6) is 5.75 Å². The number of benzene rings is 2. The molecule has 0 radical (unpaired) electrons. The van der Waals surface area contributed by atoms with E-state index in [1.54, 1.807) is 13.8 Å². The number of hydrogen-bond acceptors (Lipinski definition) is 6. The first kappa shape index (κ1) is 25.2. The molecular formula is C31H32O6. The second kappa shape index (κ2) is 7.99. The van der Waals surface area contributed by atoms with E-state index in [9.17, 15) is 29.7 Å². The van der Waals surface area contributed by atoms with E-state index >= 15 is 0 Å². The van der Waals surface area contributed by atoms with E-state index in [4.69, 9.17) is 0 Å². The van der Waals surface area contributed by atoms with Crippen molar-refractivity contribution in [2.45, 2.75) is 65.9 Å². The third-order valence-corrected chi connectivity index (χ3v) is 8.80. The number of aliphatic hydroxyl groups is 2. The van der Waals surface area contributed by atoms with Gasteiger partial charge in [-0.1, -0.05) is 56.7 Å². The highest BCUT2D eigenvalue weighted by Crippen LogP contribution is 2.62. The van der Waals surface area contributed by atoms with Crippen molar-refractivity contribution in [3.63, 3.8) is 0 Å². The molecule has 2 aromatic carbocycles. The molecule has 0 heterocycles. The minimum Gasteiger partial charge on any atom is -0.507 e. The van der Waals surface area contributed by atoms with Gasteiger partial charge in [0.2, 0.25) is 11.6 Å². The van der Waals surface area contributed by atoms with E-state index < -0.39 is 39.5 Å². The molecule has 192 valence electrons. The van der Waals surface area contributed by atoms with E-state index in [1.165, 1.54) is 6.92 Å². The topological polar surface area (TPSA) is 112 Å². The monoisotopic (exact) mass is 500 g/mol. The number of ketones is 3. The molecule has 3 atom stereocenters. The summed E-state index contributed by atoms with van der Waals surface area (Å²) in [6, 6.07) is 11.6. The summed E-state index contributed by atoms with van der Waals surface area (Å²) in [5.74, 6) is -2.79. The van der Waals surface area contributed by atoms with Gasteiger partial charge in [-0.2, -0.15) is 0 Å². The van der Waals surface area contributed by atoms with Gasteiger partial charge in [0, 0.05) is 16.4 Å². The van der Waals surface area contributed by atoms with Crippen LogP contribution in [0.2, 0.25) is 0 Å². The molecular weight excluding hydrogens is 468 g/mol. The summed E-state index contributed by atoms with van der Waals surface area (Å²) in [6.45, 7) is 8.43. The van der Waals surface area contributed by atoms with Crippen molar-refractivity contribution in [1.29, 1.82) is 0 Å². The summed E-state index contributed by atoms with van der Waals surface area (Å²) in [4.78, 5) is 40.0. The molecule has 5 rings (SSSR count). The van der Waals surface area contributed by atoms with Crippen LogP contribution in [-0.4, -0.2) is 38.3 Å². The van der Waals surface area contributed by atoms with E-state index in [-0.39, 0.29) is 35.3 Å². The fourth-order valence-corrected chi connectivity index (χ4v) is 7.29. The Labute approximate surface area is 216 Å². The van der Waals surface area contributed by atoms with E-state index in [2.05, 4.69) is 0 Å². The quantitative estimate of drug-likeness (QED) is 0.402. The maximum Gasteiger partial charge on any atom is 0.206 e. The summed E-state index contributed by atoms with van der Waals surface area (Å²) in [6.07, 6.45) is 1.27. The number of phenols is 1. The number of aromatic hydroxyl groups is 1. The number of allylic oxidation sites excluding steroid dienone is 1. The van der Waals surface area contributed by atoms with Gasteiger partial charge in [0.25, 0.3) is 0 Å². The van der Waals surface area contributed by atoms with Crippen LogP contribution in [0.15, 0.2) is 53.1 Å². The van der Waals surface area contributed by atoms with Crippen molar-refractivity contribution in [1.82, 2.24) is 0 Å². The van der Waals surface area contributed by atoms with Gasteiger partial charge in [-0.3, -0.25) is 14.4 Å². The Bertz CT molecular complexity index is 1460. The second-order valence-corrected chi connectivity index (χ2v) is 11.5. The lowest BCUT2D eigenvalue weighted by molar-refractivity contribution is -0.171. The van der Waals surface area contributed by atoms with E-state index in [0.29, 0.717) is 24.0 Å². The highest BCUT2D eigenvalue weighted by molar-refractivity contribution is 6.33. The van der Waals surface area contributed by atoms with Crippen LogP contribution >= 0.6 is 0 Å². The Kier molecular flexibility index (Phi) is 5.43. The molecule has 0 aliphatic heterocycles. The molecule has 0 unspecified atom stereocenters. The zero-order valence-corrected chi connectivity index (χ0v) is 21.9. The lowest BCUT2D eigenvalue weighted by Gasteiger charge is -2.56. The van der Waals surface area contributed by atoms with Gasteiger partial charge in [-0.25, -0.2) is 0 Å². The third-order valence-electron chi connectivity index (χ3n) is 8.80. The number of hydrogen-bond donors (Lipinski definition) is 3. The van der Waals surface area contributed by atoms with Crippen LogP contribution in [0, 0.1) is 10.8 Å². The highest BCUT2D eigenvalue weighted by Gasteiger charge is 2.69. The third kappa shape index (κ3) is 3.18. The van der Waals surface area contributed by atoms with Crippen molar-refractivity contribution >= 4 is 23.1 Å². The first-order valence-corrected chi connectivity index (χ1v) is 12.7. The fraction of sp³-hybridized carbons (Fsp3) is 0.387. The molecule has 0 saturated heterocycles. The number of phenolic OH excluding ortho intramolecular Hbond substituents is 1. The molecule has 1 fully saturated rings. The van der Waals surface area contributed by atoms with Crippen molar-refractivity contribution in [3.05, 3.63) is 69.8 Å². The summed E-state index contributed by atoms with van der Waals surface area (Å²) in [5, 5.41) is 34.7. The molecule has 2 aromatic rings. The van der Waals surface area contributed by atoms with Crippen molar-refractivity contribution in [2.24, 2.45) is 10.8 Å². The average Bonchev–Trinajstić information content (AvgIpc) is 2.81. The molecule has 1 saturated carbocycles. The molecule has 3 aliphatic rings. The zero-order valence-electron chi connectivity index (χ0n) is 21.9. The largest absolute Gasteiger partial charge is 0.507 e. The molecule has 3 aliphatic carbocycles. The minimum absolute atomic E-state index is 0.0571. The molecule has 6 nitrogen and oxygen atoms in total. The molecule has 0 bridgehead atoms. The van der Waals surface area contributed by atoms with Gasteiger partial charge in [-0.05, 0) is 67.9 Å². The Hall–Kier alpha value is -3.51. The minimum atomic E-state index is -2.48. The predicted molar refractivity (Wildman–Crippen MR) is 140 cm³/mol. The van der Waals surface area contributed by atoms with Gasteiger partial charge in [-0.15, -0.1) is 0 Å². The number of fused-ring (bicyclic) bond motifs is 3. The molecule has 0 aromatic heterocycles. The van der Waals surface area contributed by atoms with Crippen LogP contribution in [0.25, 0.3) is 16.9 Å². The van der Waals surface area contributed by atoms with Crippen molar-refractivity contribution in [2.75, 3.05) is 0 Å². The molecule has 6 heteroatoms. The lowest BCUT2D eigenvalue weighted by atomic mass is 9.46. The first-order valence-electron chi connectivity index (χ1n) is 12.7. The van der Waals surface area contributed by atoms with Crippen LogP contribution in [0.3, 0.4) is 0 Å². The van der Waals surface area contributed by atoms with Gasteiger partial charge in [0.1, 0.15) is 11.5 Å². The van der Waals surface area contributed by atoms with Crippen molar-refractivity contribution < 1.29 is 29.7 Å². The number of carbonyl (C=O) groups is 3. The summed E-state index contributed by atoms with van der Waals surface area (Å²) >= 11 is 0. The number of aryl methyl sites for hydroxylation is 1. The summed E-state index contributed by atoms with van der Waals surface area (Å²) < 4.78 is 0. The van der Waals surface area contributed by atoms with Gasteiger partial charge < -0.3 is 15.3 Å². The summed E-state index contributed by atoms with van der Waals surface area (Å²) in [5.41, 5.74) is -0.886.